The molecule has 158 valence electrons. The van der Waals surface area contributed by atoms with Crippen molar-refractivity contribution < 1.29 is 21.6 Å². The van der Waals surface area contributed by atoms with Gasteiger partial charge in [-0.25, -0.2) is 8.42 Å². The van der Waals surface area contributed by atoms with Gasteiger partial charge in [0.05, 0.1) is 21.1 Å². The summed E-state index contributed by atoms with van der Waals surface area (Å²) >= 11 is 5.60. The number of nitrogens with one attached hydrogen (secondary N) is 1. The van der Waals surface area contributed by atoms with Crippen molar-refractivity contribution in [2.45, 2.75) is 30.8 Å². The molecule has 0 unspecified atom stereocenters. The van der Waals surface area contributed by atoms with E-state index in [9.17, 15) is 26.9 Å². The number of hydrogen-bond acceptors (Lipinski definition) is 4. The highest BCUT2D eigenvalue weighted by Crippen LogP contribution is 2.36. The molecular weight excluding hydrogens is 439 g/mol. The van der Waals surface area contributed by atoms with Crippen molar-refractivity contribution in [1.29, 1.82) is 5.26 Å². The summed E-state index contributed by atoms with van der Waals surface area (Å²) in [6, 6.07) is 4.34. The number of sulfonamides is 1. The predicted octanol–water partition coefficient (Wildman–Crippen LogP) is 4.87. The minimum absolute atomic E-state index is 0.00402. The van der Waals surface area contributed by atoms with E-state index in [4.69, 9.17) is 11.6 Å². The highest BCUT2D eigenvalue weighted by atomic mass is 35.5. The third-order valence-corrected chi connectivity index (χ3v) is 6.32. The Morgan fingerprint density at radius 1 is 1.27 bits per heavy atom. The topological polar surface area (TPSA) is 73.2 Å². The van der Waals surface area contributed by atoms with Crippen molar-refractivity contribution in [3.05, 3.63) is 75.8 Å². The largest absolute Gasteiger partial charge is 0.417 e. The van der Waals surface area contributed by atoms with Gasteiger partial charge in [0.2, 0.25) is 0 Å². The van der Waals surface area contributed by atoms with Crippen LogP contribution in [0.4, 0.5) is 13.2 Å². The Morgan fingerprint density at radius 2 is 2.00 bits per heavy atom. The van der Waals surface area contributed by atoms with Gasteiger partial charge in [-0.1, -0.05) is 29.3 Å². The fourth-order valence-corrected chi connectivity index (χ4v) is 4.47. The van der Waals surface area contributed by atoms with Crippen LogP contribution < -0.4 is 4.72 Å². The number of fused-ring (bicyclic) bond motifs is 1. The van der Waals surface area contributed by atoms with Crippen molar-refractivity contribution in [3.63, 3.8) is 0 Å². The Labute approximate surface area is 177 Å². The summed E-state index contributed by atoms with van der Waals surface area (Å²) in [5.74, 6) is -0.00402. The second-order valence-electron chi connectivity index (χ2n) is 6.81. The van der Waals surface area contributed by atoms with E-state index in [1.165, 1.54) is 0 Å². The highest BCUT2D eigenvalue weighted by molar-refractivity contribution is 7.89. The summed E-state index contributed by atoms with van der Waals surface area (Å²) in [6.45, 7) is 2.14. The van der Waals surface area contributed by atoms with Crippen molar-refractivity contribution in [2.75, 3.05) is 6.54 Å². The first-order valence-electron chi connectivity index (χ1n) is 8.87. The molecule has 2 aliphatic heterocycles. The van der Waals surface area contributed by atoms with Crippen LogP contribution in [0.1, 0.15) is 25.3 Å². The van der Waals surface area contributed by atoms with E-state index in [-0.39, 0.29) is 11.4 Å². The molecule has 0 aliphatic carbocycles. The van der Waals surface area contributed by atoms with E-state index < -0.39 is 31.7 Å². The summed E-state index contributed by atoms with van der Waals surface area (Å²) in [6.07, 6.45) is 3.51. The third-order valence-electron chi connectivity index (χ3n) is 4.66. The van der Waals surface area contributed by atoms with Crippen LogP contribution in [0.25, 0.3) is 0 Å². The maximum atomic E-state index is 13.2. The van der Waals surface area contributed by atoms with Crippen molar-refractivity contribution in [3.8, 4) is 6.07 Å². The molecule has 0 bridgehead atoms. The van der Waals surface area contributed by atoms with Crippen molar-refractivity contribution in [2.24, 2.45) is 0 Å². The lowest BCUT2D eigenvalue weighted by Gasteiger charge is -2.32. The number of nitriles is 1. The van der Waals surface area contributed by atoms with Crippen LogP contribution in [0.3, 0.4) is 0 Å². The standard InChI is InChI=1S/C20H17ClF3N3O2S/c1-13-5-6-15-4-2-3-9-27(15)19(14(10-13)12-25)26-30(28,29)16-7-8-18(21)17(11-16)20(22,23)24/h2-4,7-8,10-11,26H,5-6,9H2,1H3. The second kappa shape index (κ2) is 8.20. The van der Waals surface area contributed by atoms with Gasteiger partial charge in [-0.2, -0.15) is 18.4 Å². The summed E-state index contributed by atoms with van der Waals surface area (Å²) in [5, 5.41) is 9.02. The van der Waals surface area contributed by atoms with Crippen LogP contribution in [-0.2, 0) is 16.2 Å². The second-order valence-corrected chi connectivity index (χ2v) is 8.90. The van der Waals surface area contributed by atoms with E-state index in [0.717, 1.165) is 23.4 Å². The molecule has 0 saturated heterocycles. The van der Waals surface area contributed by atoms with E-state index in [1.54, 1.807) is 17.1 Å². The zero-order valence-corrected chi connectivity index (χ0v) is 17.4. The molecule has 1 N–H and O–H groups in total. The molecule has 2 heterocycles. The first-order chi connectivity index (χ1) is 14.0. The summed E-state index contributed by atoms with van der Waals surface area (Å²) in [4.78, 5) is 1.03. The molecule has 1 aromatic rings. The molecule has 0 aromatic heterocycles. The Balaban J connectivity index is 2.10. The number of benzene rings is 1. The molecule has 3 rings (SSSR count). The molecule has 0 amide bonds. The van der Waals surface area contributed by atoms with Crippen LogP contribution in [0.5, 0.6) is 0 Å². The molecule has 0 radical (unpaired) electrons. The van der Waals surface area contributed by atoms with Gasteiger partial charge in [-0.05, 0) is 50.1 Å². The number of halogens is 4. The first kappa shape index (κ1) is 22.0. The fraction of sp³-hybridized carbons (Fsp3) is 0.250. The van der Waals surface area contributed by atoms with Crippen LogP contribution in [-0.4, -0.2) is 19.9 Å². The maximum absolute atomic E-state index is 13.2. The van der Waals surface area contributed by atoms with Gasteiger partial charge in [-0.3, -0.25) is 4.72 Å². The van der Waals surface area contributed by atoms with Crippen LogP contribution in [0, 0.1) is 11.3 Å². The number of hydrogen-bond donors (Lipinski definition) is 1. The van der Waals surface area contributed by atoms with Gasteiger partial charge in [0, 0.05) is 12.2 Å². The summed E-state index contributed by atoms with van der Waals surface area (Å²) < 4.78 is 67.8. The Kier molecular flexibility index (Phi) is 6.01. The van der Waals surface area contributed by atoms with Gasteiger partial charge in [0.25, 0.3) is 10.0 Å². The molecule has 10 heteroatoms. The molecule has 0 spiro atoms. The molecule has 0 atom stereocenters. The van der Waals surface area contributed by atoms with E-state index >= 15 is 0 Å². The molecule has 5 nitrogen and oxygen atoms in total. The lowest BCUT2D eigenvalue weighted by atomic mass is 10.0. The monoisotopic (exact) mass is 455 g/mol. The molecular formula is C20H17ClF3N3O2S. The smallest absolute Gasteiger partial charge is 0.326 e. The molecule has 0 fully saturated rings. The van der Waals surface area contributed by atoms with Crippen molar-refractivity contribution >= 4 is 21.6 Å². The Morgan fingerprint density at radius 3 is 2.67 bits per heavy atom. The number of nitrogens with zero attached hydrogens (tertiary/aromatic N) is 2. The molecule has 0 saturated carbocycles. The number of alkyl halides is 3. The number of allylic oxidation sites excluding steroid dienone is 6. The zero-order valence-electron chi connectivity index (χ0n) is 15.8. The SMILES string of the molecule is CC1=CC(C#N)=C(NS(=O)(=O)c2ccc(Cl)c(C(F)(F)F)c2)N2CC=CC=C2CC1. The number of rotatable bonds is 3. The third kappa shape index (κ3) is 4.55. The highest BCUT2D eigenvalue weighted by Gasteiger charge is 2.35. The lowest BCUT2D eigenvalue weighted by Crippen LogP contribution is -2.37. The van der Waals surface area contributed by atoms with Crippen LogP contribution >= 0.6 is 11.6 Å². The summed E-state index contributed by atoms with van der Waals surface area (Å²) in [7, 11) is -4.44. The molecule has 1 aromatic carbocycles. The minimum Gasteiger partial charge on any atom is -0.326 e. The average molecular weight is 456 g/mol. The fourth-order valence-electron chi connectivity index (χ4n) is 3.13. The minimum atomic E-state index is -4.81. The van der Waals surface area contributed by atoms with Crippen LogP contribution in [0.2, 0.25) is 5.02 Å². The molecule has 2 aliphatic rings. The zero-order chi connectivity index (χ0) is 22.1. The van der Waals surface area contributed by atoms with Gasteiger partial charge >= 0.3 is 6.18 Å². The predicted molar refractivity (Wildman–Crippen MR) is 106 cm³/mol. The summed E-state index contributed by atoms with van der Waals surface area (Å²) in [5.41, 5.74) is 0.491. The Hall–Kier alpha value is -2.70. The quantitative estimate of drug-likeness (QED) is 0.705. The van der Waals surface area contributed by atoms with Gasteiger partial charge in [-0.15, -0.1) is 0 Å². The average Bonchev–Trinajstić information content (AvgIpc) is 2.67. The normalized spacial score (nSPS) is 17.4. The first-order valence-corrected chi connectivity index (χ1v) is 10.7. The lowest BCUT2D eigenvalue weighted by molar-refractivity contribution is -0.137. The molecule has 30 heavy (non-hydrogen) atoms. The maximum Gasteiger partial charge on any atom is 0.417 e. The van der Waals surface area contributed by atoms with E-state index in [0.29, 0.717) is 25.5 Å². The Bertz CT molecular complexity index is 1140. The van der Waals surface area contributed by atoms with Gasteiger partial charge < -0.3 is 4.90 Å². The van der Waals surface area contributed by atoms with Crippen molar-refractivity contribution in [1.82, 2.24) is 9.62 Å². The van der Waals surface area contributed by atoms with E-state index in [1.807, 2.05) is 25.1 Å². The van der Waals surface area contributed by atoms with Gasteiger partial charge in [0.1, 0.15) is 11.9 Å². The van der Waals surface area contributed by atoms with Crippen LogP contribution in [0.15, 0.2) is 70.1 Å². The van der Waals surface area contributed by atoms with Gasteiger partial charge in [0.15, 0.2) is 0 Å². The van der Waals surface area contributed by atoms with E-state index in [2.05, 4.69) is 4.72 Å².